The molecule has 0 saturated carbocycles. The van der Waals surface area contributed by atoms with Gasteiger partial charge in [-0.25, -0.2) is 0 Å². The first-order valence-corrected chi connectivity index (χ1v) is 9.12. The lowest BCUT2D eigenvalue weighted by molar-refractivity contribution is 0.0732. The van der Waals surface area contributed by atoms with E-state index in [1.54, 1.807) is 0 Å². The maximum Gasteiger partial charge on any atom is 0.289 e. The monoisotopic (exact) mass is 308 g/mol. The molecule has 1 aromatic rings. The molecular formula is C16H24N2O2S. The number of rotatable bonds is 3. The molecule has 1 atom stereocenters. The van der Waals surface area contributed by atoms with Crippen LogP contribution in [0.25, 0.3) is 0 Å². The van der Waals surface area contributed by atoms with Crippen molar-refractivity contribution < 1.29 is 9.21 Å². The van der Waals surface area contributed by atoms with Crippen molar-refractivity contribution in [3.63, 3.8) is 0 Å². The van der Waals surface area contributed by atoms with E-state index in [0.717, 1.165) is 43.4 Å². The second-order valence-electron chi connectivity index (χ2n) is 5.88. The maximum atomic E-state index is 12.4. The van der Waals surface area contributed by atoms with Crippen LogP contribution in [0, 0.1) is 0 Å². The largest absolute Gasteiger partial charge is 0.454 e. The third-order valence-electron chi connectivity index (χ3n) is 4.49. The molecular weight excluding hydrogens is 284 g/mol. The molecule has 0 unspecified atom stereocenters. The second-order valence-corrected chi connectivity index (χ2v) is 7.10. The number of carbonyl (C=O) groups is 1. The molecule has 0 radical (unpaired) electrons. The Morgan fingerprint density at radius 1 is 1.14 bits per heavy atom. The first-order chi connectivity index (χ1) is 10.3. The van der Waals surface area contributed by atoms with E-state index < -0.39 is 0 Å². The highest BCUT2D eigenvalue weighted by atomic mass is 32.2. The van der Waals surface area contributed by atoms with Crippen molar-refractivity contribution in [2.75, 3.05) is 37.7 Å². The summed E-state index contributed by atoms with van der Waals surface area (Å²) >= 11 is 1.91. The zero-order valence-electron chi connectivity index (χ0n) is 12.7. The molecule has 3 heterocycles. The van der Waals surface area contributed by atoms with E-state index in [-0.39, 0.29) is 11.9 Å². The van der Waals surface area contributed by atoms with Gasteiger partial charge < -0.3 is 9.32 Å². The number of piperidine rings is 1. The lowest BCUT2D eigenvalue weighted by Crippen LogP contribution is -2.37. The number of likely N-dealkylation sites (tertiary alicyclic amines) is 1. The predicted molar refractivity (Wildman–Crippen MR) is 85.8 cm³/mol. The average Bonchev–Trinajstić information content (AvgIpc) is 3.05. The molecule has 1 amide bonds. The van der Waals surface area contributed by atoms with E-state index in [9.17, 15) is 4.79 Å². The number of furan rings is 1. The normalized spacial score (nSPS) is 22.2. The fourth-order valence-electron chi connectivity index (χ4n) is 3.10. The zero-order valence-corrected chi connectivity index (χ0v) is 13.5. The van der Waals surface area contributed by atoms with Crippen LogP contribution in [0.2, 0.25) is 0 Å². The van der Waals surface area contributed by atoms with Gasteiger partial charge in [-0.2, -0.15) is 11.8 Å². The van der Waals surface area contributed by atoms with Gasteiger partial charge in [0.15, 0.2) is 5.76 Å². The molecule has 21 heavy (non-hydrogen) atoms. The Morgan fingerprint density at radius 3 is 2.57 bits per heavy atom. The van der Waals surface area contributed by atoms with Crippen molar-refractivity contribution in [1.29, 1.82) is 0 Å². The maximum absolute atomic E-state index is 12.4. The smallest absolute Gasteiger partial charge is 0.289 e. The van der Waals surface area contributed by atoms with E-state index >= 15 is 0 Å². The summed E-state index contributed by atoms with van der Waals surface area (Å²) < 4.78 is 5.87. The summed E-state index contributed by atoms with van der Waals surface area (Å²) in [5.41, 5.74) is 0. The minimum atomic E-state index is 0.0485. The predicted octanol–water partition coefficient (Wildman–Crippen LogP) is 3.02. The Morgan fingerprint density at radius 2 is 1.86 bits per heavy atom. The van der Waals surface area contributed by atoms with Gasteiger partial charge in [0.2, 0.25) is 0 Å². The quantitative estimate of drug-likeness (QED) is 0.860. The van der Waals surface area contributed by atoms with Gasteiger partial charge in [-0.1, -0.05) is 6.42 Å². The zero-order chi connectivity index (χ0) is 14.7. The molecule has 2 aliphatic heterocycles. The van der Waals surface area contributed by atoms with Gasteiger partial charge in [0.1, 0.15) is 5.76 Å². The van der Waals surface area contributed by atoms with Crippen LogP contribution in [0.4, 0.5) is 0 Å². The van der Waals surface area contributed by atoms with Crippen LogP contribution in [0.1, 0.15) is 48.5 Å². The van der Waals surface area contributed by atoms with Crippen LogP contribution in [0.5, 0.6) is 0 Å². The highest BCUT2D eigenvalue weighted by molar-refractivity contribution is 7.99. The van der Waals surface area contributed by atoms with E-state index in [1.807, 2.05) is 28.8 Å². The number of hydrogen-bond donors (Lipinski definition) is 0. The van der Waals surface area contributed by atoms with Gasteiger partial charge in [-0.3, -0.25) is 9.69 Å². The van der Waals surface area contributed by atoms with Gasteiger partial charge in [-0.15, -0.1) is 0 Å². The molecule has 1 aromatic heterocycles. The minimum absolute atomic E-state index is 0.0485. The second kappa shape index (κ2) is 6.88. The first-order valence-electron chi connectivity index (χ1n) is 7.96. The molecule has 2 fully saturated rings. The molecule has 0 aromatic carbocycles. The number of amides is 1. The molecule has 0 aliphatic carbocycles. The van der Waals surface area contributed by atoms with Crippen LogP contribution >= 0.6 is 11.8 Å². The summed E-state index contributed by atoms with van der Waals surface area (Å²) in [5.74, 6) is 3.53. The molecule has 0 N–H and O–H groups in total. The van der Waals surface area contributed by atoms with Crippen molar-refractivity contribution in [2.24, 2.45) is 0 Å². The molecule has 2 aliphatic rings. The topological polar surface area (TPSA) is 36.7 Å². The van der Waals surface area contributed by atoms with Crippen LogP contribution < -0.4 is 0 Å². The Bertz CT molecular complexity index is 476. The Hall–Kier alpha value is -0.940. The van der Waals surface area contributed by atoms with Crippen LogP contribution in [0.15, 0.2) is 16.5 Å². The highest BCUT2D eigenvalue weighted by Crippen LogP contribution is 2.26. The number of nitrogens with zero attached hydrogens (tertiary/aromatic N) is 2. The fourth-order valence-corrected chi connectivity index (χ4v) is 4.00. The lowest BCUT2D eigenvalue weighted by Gasteiger charge is -2.31. The van der Waals surface area contributed by atoms with Crippen LogP contribution in [0.3, 0.4) is 0 Å². The number of thioether (sulfide) groups is 1. The van der Waals surface area contributed by atoms with Crippen molar-refractivity contribution in [3.8, 4) is 0 Å². The molecule has 4 nitrogen and oxygen atoms in total. The molecule has 0 spiro atoms. The third kappa shape index (κ3) is 3.46. The Labute approximate surface area is 130 Å². The minimum Gasteiger partial charge on any atom is -0.454 e. The number of carbonyl (C=O) groups excluding carboxylic acids is 1. The standard InChI is InChI=1S/C16H24N2O2S/c1-13(17-7-3-2-4-8-17)14-5-6-15(20-14)16(19)18-9-11-21-12-10-18/h5-6,13H,2-4,7-12H2,1H3/t13-/m1/s1. The number of hydrogen-bond acceptors (Lipinski definition) is 4. The van der Waals surface area contributed by atoms with Crippen molar-refractivity contribution in [1.82, 2.24) is 9.80 Å². The lowest BCUT2D eigenvalue weighted by atomic mass is 10.1. The van der Waals surface area contributed by atoms with Crippen molar-refractivity contribution in [2.45, 2.75) is 32.2 Å². The average molecular weight is 308 g/mol. The van der Waals surface area contributed by atoms with Gasteiger partial charge in [-0.05, 0) is 45.0 Å². The van der Waals surface area contributed by atoms with E-state index in [0.29, 0.717) is 5.76 Å². The van der Waals surface area contributed by atoms with Gasteiger partial charge in [0, 0.05) is 24.6 Å². The Balaban J connectivity index is 1.65. The van der Waals surface area contributed by atoms with Gasteiger partial charge in [0.05, 0.1) is 6.04 Å². The SMILES string of the molecule is C[C@H](c1ccc(C(=O)N2CCSCC2)o1)N1CCCCC1. The highest BCUT2D eigenvalue weighted by Gasteiger charge is 2.24. The molecule has 2 saturated heterocycles. The van der Waals surface area contributed by atoms with E-state index in [1.165, 1.54) is 19.3 Å². The van der Waals surface area contributed by atoms with E-state index in [4.69, 9.17) is 4.42 Å². The summed E-state index contributed by atoms with van der Waals surface area (Å²) in [5, 5.41) is 0. The van der Waals surface area contributed by atoms with Crippen LogP contribution in [-0.4, -0.2) is 53.4 Å². The molecule has 116 valence electrons. The third-order valence-corrected chi connectivity index (χ3v) is 5.43. The Kier molecular flexibility index (Phi) is 4.91. The summed E-state index contributed by atoms with van der Waals surface area (Å²) in [6, 6.07) is 4.09. The van der Waals surface area contributed by atoms with Gasteiger partial charge >= 0.3 is 0 Å². The fraction of sp³-hybridized carbons (Fsp3) is 0.688. The first kappa shape index (κ1) is 15.0. The van der Waals surface area contributed by atoms with Gasteiger partial charge in [0.25, 0.3) is 5.91 Å². The summed E-state index contributed by atoms with van der Waals surface area (Å²) in [7, 11) is 0. The summed E-state index contributed by atoms with van der Waals surface area (Å²) in [6.07, 6.45) is 3.86. The van der Waals surface area contributed by atoms with Crippen LogP contribution in [-0.2, 0) is 0 Å². The van der Waals surface area contributed by atoms with E-state index in [2.05, 4.69) is 11.8 Å². The molecule has 5 heteroatoms. The van der Waals surface area contributed by atoms with Crippen molar-refractivity contribution in [3.05, 3.63) is 23.7 Å². The summed E-state index contributed by atoms with van der Waals surface area (Å²) in [6.45, 7) is 6.11. The molecule has 0 bridgehead atoms. The summed E-state index contributed by atoms with van der Waals surface area (Å²) in [4.78, 5) is 16.8. The molecule has 3 rings (SSSR count). The van der Waals surface area contributed by atoms with Crippen molar-refractivity contribution >= 4 is 17.7 Å².